The van der Waals surface area contributed by atoms with Crippen molar-refractivity contribution in [2.75, 3.05) is 46.9 Å². The summed E-state index contributed by atoms with van der Waals surface area (Å²) in [4.78, 5) is 17.1. The van der Waals surface area contributed by atoms with Crippen LogP contribution in [-0.2, 0) is 16.0 Å². The molecule has 1 unspecified atom stereocenters. The predicted molar refractivity (Wildman–Crippen MR) is 111 cm³/mol. The number of nitrogens with zero attached hydrogens (tertiary/aromatic N) is 2. The number of methoxy groups -OCH3 is 2. The predicted octanol–water partition coefficient (Wildman–Crippen LogP) is 3.42. The molecule has 2 aromatic rings. The summed E-state index contributed by atoms with van der Waals surface area (Å²) in [5.74, 6) is 0.616. The van der Waals surface area contributed by atoms with Crippen molar-refractivity contribution in [1.82, 2.24) is 9.80 Å². The zero-order valence-corrected chi connectivity index (χ0v) is 17.2. The second-order valence-electron chi connectivity index (χ2n) is 6.92. The molecule has 1 heterocycles. The quantitative estimate of drug-likeness (QED) is 0.664. The highest BCUT2D eigenvalue weighted by atomic mass is 35.5. The molecule has 0 amide bonds. The van der Waals surface area contributed by atoms with Crippen molar-refractivity contribution in [2.45, 2.75) is 12.5 Å². The number of benzene rings is 2. The molecule has 6 heteroatoms. The first kappa shape index (κ1) is 20.6. The van der Waals surface area contributed by atoms with Crippen molar-refractivity contribution in [3.05, 3.63) is 64.7 Å². The number of ether oxygens (including phenoxy) is 2. The fourth-order valence-corrected chi connectivity index (χ4v) is 3.84. The van der Waals surface area contributed by atoms with Crippen molar-refractivity contribution in [2.24, 2.45) is 0 Å². The van der Waals surface area contributed by atoms with Gasteiger partial charge in [0, 0.05) is 37.7 Å². The molecule has 1 fully saturated rings. The van der Waals surface area contributed by atoms with E-state index in [9.17, 15) is 4.79 Å². The minimum absolute atomic E-state index is 0.264. The van der Waals surface area contributed by atoms with E-state index in [4.69, 9.17) is 21.1 Å². The first-order chi connectivity index (χ1) is 13.6. The summed E-state index contributed by atoms with van der Waals surface area (Å²) >= 11 is 6.35. The average Bonchev–Trinajstić information content (AvgIpc) is 2.75. The van der Waals surface area contributed by atoms with Crippen LogP contribution in [0.15, 0.2) is 48.5 Å². The Kier molecular flexibility index (Phi) is 7.31. The largest absolute Gasteiger partial charge is 0.497 e. The third kappa shape index (κ3) is 5.04. The molecule has 0 spiro atoms. The van der Waals surface area contributed by atoms with Crippen molar-refractivity contribution >= 4 is 17.6 Å². The van der Waals surface area contributed by atoms with Gasteiger partial charge in [0.25, 0.3) is 0 Å². The van der Waals surface area contributed by atoms with Gasteiger partial charge in [0.1, 0.15) is 11.8 Å². The van der Waals surface area contributed by atoms with Gasteiger partial charge in [0.15, 0.2) is 0 Å². The smallest absolute Gasteiger partial charge is 0.327 e. The minimum atomic E-state index is -0.456. The number of piperazine rings is 1. The Labute approximate surface area is 171 Å². The van der Waals surface area contributed by atoms with Gasteiger partial charge in [-0.25, -0.2) is 4.79 Å². The summed E-state index contributed by atoms with van der Waals surface area (Å²) in [5, 5.41) is 0.597. The first-order valence-corrected chi connectivity index (χ1v) is 9.91. The van der Waals surface area contributed by atoms with Gasteiger partial charge in [0.2, 0.25) is 0 Å². The van der Waals surface area contributed by atoms with Crippen LogP contribution in [-0.4, -0.2) is 62.7 Å². The van der Waals surface area contributed by atoms with Crippen LogP contribution in [0.5, 0.6) is 5.75 Å². The average molecular weight is 403 g/mol. The standard InChI is InChI=1S/C22H27ClN2O3/c1-27-18-9-7-17(8-10-18)11-12-24-13-15-25(16-14-24)21(22(26)28-2)19-5-3-4-6-20(19)23/h3-10,21H,11-16H2,1-2H3. The Hall–Kier alpha value is -2.08. The molecular weight excluding hydrogens is 376 g/mol. The second-order valence-corrected chi connectivity index (χ2v) is 7.33. The van der Waals surface area contributed by atoms with Crippen LogP contribution >= 0.6 is 11.6 Å². The zero-order chi connectivity index (χ0) is 19.9. The molecule has 150 valence electrons. The molecule has 2 aromatic carbocycles. The third-order valence-corrected chi connectivity index (χ3v) is 5.62. The van der Waals surface area contributed by atoms with E-state index < -0.39 is 6.04 Å². The third-order valence-electron chi connectivity index (χ3n) is 5.27. The molecule has 0 bridgehead atoms. The number of esters is 1. The summed E-state index contributed by atoms with van der Waals surface area (Å²) in [6.07, 6.45) is 0.995. The number of hydrogen-bond donors (Lipinski definition) is 0. The fourth-order valence-electron chi connectivity index (χ4n) is 3.61. The first-order valence-electron chi connectivity index (χ1n) is 9.54. The van der Waals surface area contributed by atoms with Gasteiger partial charge in [0.05, 0.1) is 14.2 Å². The lowest BCUT2D eigenvalue weighted by molar-refractivity contribution is -0.148. The molecule has 0 radical (unpaired) electrons. The van der Waals surface area contributed by atoms with Gasteiger partial charge < -0.3 is 14.4 Å². The van der Waals surface area contributed by atoms with E-state index in [1.165, 1.54) is 12.7 Å². The lowest BCUT2D eigenvalue weighted by atomic mass is 10.0. The minimum Gasteiger partial charge on any atom is -0.497 e. The van der Waals surface area contributed by atoms with Crippen molar-refractivity contribution in [1.29, 1.82) is 0 Å². The second kappa shape index (κ2) is 9.92. The van der Waals surface area contributed by atoms with Gasteiger partial charge in [-0.2, -0.15) is 0 Å². The highest BCUT2D eigenvalue weighted by molar-refractivity contribution is 6.31. The normalized spacial score (nSPS) is 16.5. The van der Waals surface area contributed by atoms with Gasteiger partial charge in [-0.1, -0.05) is 41.9 Å². The Morgan fingerprint density at radius 2 is 1.71 bits per heavy atom. The number of halogens is 1. The van der Waals surface area contributed by atoms with E-state index in [2.05, 4.69) is 21.9 Å². The van der Waals surface area contributed by atoms with Crippen LogP contribution in [0.3, 0.4) is 0 Å². The topological polar surface area (TPSA) is 42.0 Å². The van der Waals surface area contributed by atoms with Crippen LogP contribution in [0.2, 0.25) is 5.02 Å². The summed E-state index contributed by atoms with van der Waals surface area (Å²) in [6, 6.07) is 15.3. The molecule has 1 saturated heterocycles. The lowest BCUT2D eigenvalue weighted by Gasteiger charge is -2.38. The molecule has 1 aliphatic rings. The van der Waals surface area contributed by atoms with Crippen LogP contribution in [0.1, 0.15) is 17.2 Å². The van der Waals surface area contributed by atoms with E-state index in [1.54, 1.807) is 7.11 Å². The molecule has 1 atom stereocenters. The van der Waals surface area contributed by atoms with E-state index in [-0.39, 0.29) is 5.97 Å². The van der Waals surface area contributed by atoms with E-state index in [1.807, 2.05) is 36.4 Å². The Morgan fingerprint density at radius 3 is 2.32 bits per heavy atom. The molecule has 0 N–H and O–H groups in total. The van der Waals surface area contributed by atoms with Crippen LogP contribution < -0.4 is 4.74 Å². The Bertz CT molecular complexity index is 774. The SMILES string of the molecule is COC(=O)C(c1ccccc1Cl)N1CCN(CCc2ccc(OC)cc2)CC1. The monoisotopic (exact) mass is 402 g/mol. The van der Waals surface area contributed by atoms with E-state index in [0.29, 0.717) is 5.02 Å². The maximum absolute atomic E-state index is 12.5. The molecule has 0 aliphatic carbocycles. The number of rotatable bonds is 7. The van der Waals surface area contributed by atoms with Gasteiger partial charge in [-0.3, -0.25) is 4.90 Å². The van der Waals surface area contributed by atoms with Crippen LogP contribution in [0.25, 0.3) is 0 Å². The zero-order valence-electron chi connectivity index (χ0n) is 16.4. The summed E-state index contributed by atoms with van der Waals surface area (Å²) in [7, 11) is 3.11. The van der Waals surface area contributed by atoms with Crippen molar-refractivity contribution < 1.29 is 14.3 Å². The van der Waals surface area contributed by atoms with Crippen molar-refractivity contribution in [3.63, 3.8) is 0 Å². The Morgan fingerprint density at radius 1 is 1.04 bits per heavy atom. The highest BCUT2D eigenvalue weighted by Crippen LogP contribution is 2.29. The van der Waals surface area contributed by atoms with Crippen LogP contribution in [0.4, 0.5) is 0 Å². The van der Waals surface area contributed by atoms with Crippen molar-refractivity contribution in [3.8, 4) is 5.75 Å². The molecule has 0 saturated carbocycles. The van der Waals surface area contributed by atoms with Gasteiger partial charge >= 0.3 is 5.97 Å². The molecule has 0 aromatic heterocycles. The number of carbonyl (C=O) groups is 1. The van der Waals surface area contributed by atoms with Crippen LogP contribution in [0, 0.1) is 0 Å². The molecule has 5 nitrogen and oxygen atoms in total. The van der Waals surface area contributed by atoms with E-state index in [0.717, 1.165) is 50.5 Å². The van der Waals surface area contributed by atoms with Gasteiger partial charge in [-0.05, 0) is 35.7 Å². The maximum atomic E-state index is 12.5. The van der Waals surface area contributed by atoms with E-state index >= 15 is 0 Å². The van der Waals surface area contributed by atoms with Gasteiger partial charge in [-0.15, -0.1) is 0 Å². The molecule has 1 aliphatic heterocycles. The number of hydrogen-bond acceptors (Lipinski definition) is 5. The fraction of sp³-hybridized carbons (Fsp3) is 0.409. The highest BCUT2D eigenvalue weighted by Gasteiger charge is 2.32. The number of carbonyl (C=O) groups excluding carboxylic acids is 1. The maximum Gasteiger partial charge on any atom is 0.327 e. The Balaban J connectivity index is 1.58. The lowest BCUT2D eigenvalue weighted by Crippen LogP contribution is -2.49. The molecule has 3 rings (SSSR count). The molecule has 28 heavy (non-hydrogen) atoms. The summed E-state index contributed by atoms with van der Waals surface area (Å²) in [5.41, 5.74) is 2.11. The summed E-state index contributed by atoms with van der Waals surface area (Å²) in [6.45, 7) is 4.42. The molecular formula is C22H27ClN2O3. The summed E-state index contributed by atoms with van der Waals surface area (Å²) < 4.78 is 10.3.